The summed E-state index contributed by atoms with van der Waals surface area (Å²) in [4.78, 5) is 2.87. The van der Waals surface area contributed by atoms with Crippen molar-refractivity contribution in [1.29, 1.82) is 0 Å². The Morgan fingerprint density at radius 1 is 0.947 bits per heavy atom. The first-order valence-electron chi connectivity index (χ1n) is 8.86. The minimum atomic E-state index is 0.855. The summed E-state index contributed by atoms with van der Waals surface area (Å²) in [5.74, 6) is 3.27. The van der Waals surface area contributed by atoms with Gasteiger partial charge in [-0.05, 0) is 69.2 Å². The van der Waals surface area contributed by atoms with E-state index in [4.69, 9.17) is 0 Å². The van der Waals surface area contributed by atoms with E-state index >= 15 is 0 Å². The summed E-state index contributed by atoms with van der Waals surface area (Å²) < 4.78 is 0. The quantitative estimate of drug-likeness (QED) is 0.819. The average molecular weight is 262 g/mol. The van der Waals surface area contributed by atoms with Gasteiger partial charge in [0.25, 0.3) is 0 Å². The molecule has 3 aliphatic carbocycles. The standard InChI is InChI=1S/C17H30N2/c1-2-8-19(17(3-1)11-18-16-6-7-16)12-15-10-13-4-5-14(15)9-13/h13-18H,1-12H2. The predicted molar refractivity (Wildman–Crippen MR) is 79.2 cm³/mol. The lowest BCUT2D eigenvalue weighted by atomic mass is 9.87. The molecule has 1 heterocycles. The molecule has 108 valence electrons. The first kappa shape index (κ1) is 12.6. The summed E-state index contributed by atoms with van der Waals surface area (Å²) in [6.07, 6.45) is 13.4. The molecule has 4 atom stereocenters. The Morgan fingerprint density at radius 2 is 1.89 bits per heavy atom. The third kappa shape index (κ3) is 2.85. The number of nitrogens with one attached hydrogen (secondary N) is 1. The Morgan fingerprint density at radius 3 is 2.63 bits per heavy atom. The molecule has 0 aromatic rings. The number of nitrogens with zero attached hydrogens (tertiary/aromatic N) is 1. The maximum atomic E-state index is 3.77. The van der Waals surface area contributed by atoms with E-state index in [-0.39, 0.29) is 0 Å². The van der Waals surface area contributed by atoms with Gasteiger partial charge in [-0.2, -0.15) is 0 Å². The Bertz CT molecular complexity index is 312. The van der Waals surface area contributed by atoms with Gasteiger partial charge in [0.15, 0.2) is 0 Å². The zero-order valence-corrected chi connectivity index (χ0v) is 12.3. The van der Waals surface area contributed by atoms with Crippen LogP contribution >= 0.6 is 0 Å². The molecule has 19 heavy (non-hydrogen) atoms. The largest absolute Gasteiger partial charge is 0.312 e. The van der Waals surface area contributed by atoms with Crippen molar-refractivity contribution in [1.82, 2.24) is 10.2 Å². The molecule has 1 saturated heterocycles. The van der Waals surface area contributed by atoms with E-state index in [2.05, 4.69) is 10.2 Å². The van der Waals surface area contributed by atoms with Gasteiger partial charge < -0.3 is 5.32 Å². The lowest BCUT2D eigenvalue weighted by molar-refractivity contribution is 0.106. The van der Waals surface area contributed by atoms with Gasteiger partial charge in [-0.25, -0.2) is 0 Å². The maximum absolute atomic E-state index is 3.77. The summed E-state index contributed by atoms with van der Waals surface area (Å²) >= 11 is 0. The van der Waals surface area contributed by atoms with Crippen molar-refractivity contribution in [3.8, 4) is 0 Å². The molecule has 2 heteroatoms. The van der Waals surface area contributed by atoms with Crippen LogP contribution in [-0.2, 0) is 0 Å². The Hall–Kier alpha value is -0.0800. The molecule has 4 unspecified atom stereocenters. The second-order valence-electron chi connectivity index (χ2n) is 7.76. The van der Waals surface area contributed by atoms with Crippen molar-refractivity contribution in [2.24, 2.45) is 17.8 Å². The van der Waals surface area contributed by atoms with Crippen LogP contribution in [-0.4, -0.2) is 36.6 Å². The van der Waals surface area contributed by atoms with Crippen molar-refractivity contribution < 1.29 is 0 Å². The molecule has 4 rings (SSSR count). The second kappa shape index (κ2) is 5.37. The first-order valence-corrected chi connectivity index (χ1v) is 8.86. The van der Waals surface area contributed by atoms with E-state index in [1.165, 1.54) is 51.7 Å². The number of hydrogen-bond acceptors (Lipinski definition) is 2. The molecule has 0 aromatic heterocycles. The second-order valence-corrected chi connectivity index (χ2v) is 7.76. The Balaban J connectivity index is 1.31. The zero-order chi connectivity index (χ0) is 12.7. The molecule has 0 amide bonds. The van der Waals surface area contributed by atoms with Crippen molar-refractivity contribution >= 4 is 0 Å². The van der Waals surface area contributed by atoms with Gasteiger partial charge in [-0.3, -0.25) is 4.90 Å². The molecule has 1 aliphatic heterocycles. The van der Waals surface area contributed by atoms with Crippen molar-refractivity contribution in [3.63, 3.8) is 0 Å². The fraction of sp³-hybridized carbons (Fsp3) is 1.00. The lowest BCUT2D eigenvalue weighted by Crippen LogP contribution is -2.48. The Labute approximate surface area is 118 Å². The smallest absolute Gasteiger partial charge is 0.0220 e. The van der Waals surface area contributed by atoms with E-state index in [1.807, 2.05) is 0 Å². The van der Waals surface area contributed by atoms with E-state index in [0.717, 1.165) is 29.8 Å². The highest BCUT2D eigenvalue weighted by molar-refractivity contribution is 4.93. The van der Waals surface area contributed by atoms with Crippen LogP contribution in [0.3, 0.4) is 0 Å². The number of piperidine rings is 1. The molecular formula is C17H30N2. The van der Waals surface area contributed by atoms with E-state index < -0.39 is 0 Å². The van der Waals surface area contributed by atoms with Crippen molar-refractivity contribution in [3.05, 3.63) is 0 Å². The molecule has 4 fully saturated rings. The van der Waals surface area contributed by atoms with Crippen LogP contribution in [0.4, 0.5) is 0 Å². The van der Waals surface area contributed by atoms with Gasteiger partial charge in [-0.1, -0.05) is 12.8 Å². The molecular weight excluding hydrogens is 232 g/mol. The third-order valence-corrected chi connectivity index (χ3v) is 6.32. The maximum Gasteiger partial charge on any atom is 0.0220 e. The van der Waals surface area contributed by atoms with Crippen LogP contribution in [0.15, 0.2) is 0 Å². The van der Waals surface area contributed by atoms with Gasteiger partial charge in [-0.15, -0.1) is 0 Å². The minimum absolute atomic E-state index is 0.855. The summed E-state index contributed by atoms with van der Waals surface area (Å²) in [7, 11) is 0. The monoisotopic (exact) mass is 262 g/mol. The van der Waals surface area contributed by atoms with Crippen molar-refractivity contribution in [2.45, 2.75) is 69.9 Å². The summed E-state index contributed by atoms with van der Waals surface area (Å²) in [5, 5.41) is 3.77. The fourth-order valence-electron chi connectivity index (χ4n) is 5.02. The lowest BCUT2D eigenvalue weighted by Gasteiger charge is -2.39. The van der Waals surface area contributed by atoms with Gasteiger partial charge in [0.1, 0.15) is 0 Å². The molecule has 1 N–H and O–H groups in total. The van der Waals surface area contributed by atoms with Gasteiger partial charge >= 0.3 is 0 Å². The summed E-state index contributed by atoms with van der Waals surface area (Å²) in [6, 6.07) is 1.74. The normalized spacial score (nSPS) is 42.9. The fourth-order valence-corrected chi connectivity index (χ4v) is 5.02. The zero-order valence-electron chi connectivity index (χ0n) is 12.3. The molecule has 2 bridgehead atoms. The van der Waals surface area contributed by atoms with Crippen LogP contribution in [0.5, 0.6) is 0 Å². The topological polar surface area (TPSA) is 15.3 Å². The van der Waals surface area contributed by atoms with Gasteiger partial charge in [0.2, 0.25) is 0 Å². The molecule has 0 radical (unpaired) electrons. The number of rotatable bonds is 5. The molecule has 0 spiro atoms. The Kier molecular flexibility index (Phi) is 3.57. The predicted octanol–water partition coefficient (Wildman–Crippen LogP) is 3.03. The van der Waals surface area contributed by atoms with Crippen LogP contribution in [0.2, 0.25) is 0 Å². The minimum Gasteiger partial charge on any atom is -0.312 e. The van der Waals surface area contributed by atoms with E-state index in [9.17, 15) is 0 Å². The van der Waals surface area contributed by atoms with E-state index in [1.54, 1.807) is 25.7 Å². The third-order valence-electron chi connectivity index (χ3n) is 6.32. The van der Waals surface area contributed by atoms with Crippen LogP contribution < -0.4 is 5.32 Å². The summed E-state index contributed by atoms with van der Waals surface area (Å²) in [6.45, 7) is 4.08. The highest BCUT2D eigenvalue weighted by atomic mass is 15.2. The van der Waals surface area contributed by atoms with Gasteiger partial charge in [0, 0.05) is 25.2 Å². The van der Waals surface area contributed by atoms with Crippen molar-refractivity contribution in [2.75, 3.05) is 19.6 Å². The molecule has 2 nitrogen and oxygen atoms in total. The van der Waals surface area contributed by atoms with E-state index in [0.29, 0.717) is 0 Å². The SMILES string of the molecule is C1CCN(CC2CC3CCC2C3)C(CNC2CC2)C1. The summed E-state index contributed by atoms with van der Waals surface area (Å²) in [5.41, 5.74) is 0. The average Bonchev–Trinajstić information content (AvgIpc) is 3.04. The van der Waals surface area contributed by atoms with Crippen LogP contribution in [0.25, 0.3) is 0 Å². The number of likely N-dealkylation sites (tertiary alicyclic amines) is 1. The molecule has 0 aromatic carbocycles. The molecule has 4 aliphatic rings. The highest BCUT2D eigenvalue weighted by Crippen LogP contribution is 2.48. The molecule has 3 saturated carbocycles. The van der Waals surface area contributed by atoms with Crippen LogP contribution in [0, 0.1) is 17.8 Å². The highest BCUT2D eigenvalue weighted by Gasteiger charge is 2.40. The van der Waals surface area contributed by atoms with Crippen LogP contribution in [0.1, 0.15) is 57.8 Å². The number of hydrogen-bond donors (Lipinski definition) is 1. The van der Waals surface area contributed by atoms with Gasteiger partial charge in [0.05, 0.1) is 0 Å². The number of fused-ring (bicyclic) bond motifs is 2. The first-order chi connectivity index (χ1) is 9.38.